The molecule has 0 saturated heterocycles. The average Bonchev–Trinajstić information content (AvgIpc) is 2.76. The largest absolute Gasteiger partial charge is 0.488 e. The highest BCUT2D eigenvalue weighted by Crippen LogP contribution is 2.28. The molecule has 0 aromatic heterocycles. The van der Waals surface area contributed by atoms with Gasteiger partial charge in [-0.1, -0.05) is 35.3 Å². The molecule has 2 N–H and O–H groups in total. The highest BCUT2D eigenvalue weighted by atomic mass is 79.9. The Kier molecular flexibility index (Phi) is 9.10. The van der Waals surface area contributed by atoms with Crippen LogP contribution in [-0.4, -0.2) is 18.0 Å². The highest BCUT2D eigenvalue weighted by molar-refractivity contribution is 9.10. The number of hydrogen-bond donors (Lipinski definition) is 2. The molecule has 34 heavy (non-hydrogen) atoms. The van der Waals surface area contributed by atoms with Crippen molar-refractivity contribution in [3.05, 3.63) is 91.4 Å². The lowest BCUT2D eigenvalue weighted by atomic mass is 10.1. The zero-order valence-electron chi connectivity index (χ0n) is 18.5. The standard InChI is InChI=1S/C25H22BrCl2N3O3/c1-15-3-7-20(9-16(15)2)30-24(32)12-25(33)31-29-13-17-4-8-23(21(26)10-17)34-14-18-5-6-19(27)11-22(18)28/h3-11,13H,12,14H2,1-2H3,(H,30,32)(H,31,33). The van der Waals surface area contributed by atoms with Crippen molar-refractivity contribution in [2.45, 2.75) is 26.9 Å². The molecule has 0 heterocycles. The summed E-state index contributed by atoms with van der Waals surface area (Å²) >= 11 is 15.6. The van der Waals surface area contributed by atoms with Crippen LogP contribution in [0, 0.1) is 13.8 Å². The van der Waals surface area contributed by atoms with Gasteiger partial charge in [0.25, 0.3) is 0 Å². The molecule has 0 unspecified atom stereocenters. The Labute approximate surface area is 216 Å². The lowest BCUT2D eigenvalue weighted by Crippen LogP contribution is -2.24. The quantitative estimate of drug-likeness (QED) is 0.188. The predicted octanol–water partition coefficient (Wildman–Crippen LogP) is 6.43. The molecule has 9 heteroatoms. The molecule has 3 aromatic carbocycles. The van der Waals surface area contributed by atoms with Crippen LogP contribution >= 0.6 is 39.1 Å². The fourth-order valence-electron chi connectivity index (χ4n) is 2.90. The van der Waals surface area contributed by atoms with Crippen LogP contribution in [0.3, 0.4) is 0 Å². The van der Waals surface area contributed by atoms with Crippen molar-refractivity contribution in [3.8, 4) is 5.75 Å². The van der Waals surface area contributed by atoms with Gasteiger partial charge in [-0.05, 0) is 88.9 Å². The first-order valence-corrected chi connectivity index (χ1v) is 11.8. The Morgan fingerprint density at radius 1 is 1.00 bits per heavy atom. The summed E-state index contributed by atoms with van der Waals surface area (Å²) < 4.78 is 6.52. The Bertz CT molecular complexity index is 1250. The lowest BCUT2D eigenvalue weighted by molar-refractivity contribution is -0.126. The maximum absolute atomic E-state index is 12.1. The zero-order chi connectivity index (χ0) is 24.7. The van der Waals surface area contributed by atoms with Gasteiger partial charge in [-0.15, -0.1) is 0 Å². The minimum atomic E-state index is -0.517. The van der Waals surface area contributed by atoms with Crippen LogP contribution in [0.15, 0.2) is 64.2 Å². The second-order valence-corrected chi connectivity index (χ2v) is 9.23. The predicted molar refractivity (Wildman–Crippen MR) is 140 cm³/mol. The summed E-state index contributed by atoms with van der Waals surface area (Å²) in [4.78, 5) is 24.1. The molecule has 0 saturated carbocycles. The van der Waals surface area contributed by atoms with Crippen LogP contribution in [0.4, 0.5) is 5.69 Å². The summed E-state index contributed by atoms with van der Waals surface area (Å²) in [6, 6.07) is 16.1. The van der Waals surface area contributed by atoms with E-state index >= 15 is 0 Å². The van der Waals surface area contributed by atoms with E-state index in [9.17, 15) is 9.59 Å². The smallest absolute Gasteiger partial charge is 0.249 e. The fourth-order valence-corrected chi connectivity index (χ4v) is 3.87. The van der Waals surface area contributed by atoms with Crippen LogP contribution in [-0.2, 0) is 16.2 Å². The first kappa shape index (κ1) is 25.7. The number of amides is 2. The number of ether oxygens (including phenoxy) is 1. The molecular formula is C25H22BrCl2N3O3. The van der Waals surface area contributed by atoms with Gasteiger partial charge in [0, 0.05) is 21.3 Å². The maximum Gasteiger partial charge on any atom is 0.249 e. The molecule has 0 aliphatic carbocycles. The topological polar surface area (TPSA) is 79.8 Å². The Morgan fingerprint density at radius 2 is 1.79 bits per heavy atom. The number of carbonyl (C=O) groups excluding carboxylic acids is 2. The van der Waals surface area contributed by atoms with Crippen LogP contribution in [0.1, 0.15) is 28.7 Å². The molecular weight excluding hydrogens is 541 g/mol. The number of benzene rings is 3. The monoisotopic (exact) mass is 561 g/mol. The second kappa shape index (κ2) is 12.0. The van der Waals surface area contributed by atoms with Crippen molar-refractivity contribution in [1.82, 2.24) is 5.43 Å². The molecule has 3 aromatic rings. The molecule has 0 atom stereocenters. The van der Waals surface area contributed by atoms with E-state index in [1.54, 1.807) is 36.4 Å². The molecule has 0 fully saturated rings. The van der Waals surface area contributed by atoms with Gasteiger partial charge in [0.15, 0.2) is 0 Å². The van der Waals surface area contributed by atoms with Gasteiger partial charge in [0.05, 0.1) is 10.7 Å². The van der Waals surface area contributed by atoms with Gasteiger partial charge in [0.2, 0.25) is 11.8 Å². The first-order chi connectivity index (χ1) is 16.2. The number of nitrogens with zero attached hydrogens (tertiary/aromatic N) is 1. The summed E-state index contributed by atoms with van der Waals surface area (Å²) in [6.45, 7) is 4.23. The zero-order valence-corrected chi connectivity index (χ0v) is 21.6. The van der Waals surface area contributed by atoms with Gasteiger partial charge in [0.1, 0.15) is 18.8 Å². The van der Waals surface area contributed by atoms with Crippen LogP contribution in [0.2, 0.25) is 10.0 Å². The van der Waals surface area contributed by atoms with Crippen LogP contribution in [0.25, 0.3) is 0 Å². The van der Waals surface area contributed by atoms with Crippen molar-refractivity contribution >= 4 is 62.8 Å². The molecule has 2 amide bonds. The molecule has 0 spiro atoms. The number of halogens is 3. The average molecular weight is 563 g/mol. The Morgan fingerprint density at radius 3 is 2.50 bits per heavy atom. The van der Waals surface area contributed by atoms with Crippen molar-refractivity contribution in [3.63, 3.8) is 0 Å². The highest BCUT2D eigenvalue weighted by Gasteiger charge is 2.10. The molecule has 3 rings (SSSR count). The summed E-state index contributed by atoms with van der Waals surface area (Å²) in [6.07, 6.45) is 1.14. The maximum atomic E-state index is 12.1. The van der Waals surface area contributed by atoms with E-state index in [0.29, 0.717) is 26.0 Å². The van der Waals surface area contributed by atoms with E-state index in [4.69, 9.17) is 27.9 Å². The van der Waals surface area contributed by atoms with Gasteiger partial charge in [-0.2, -0.15) is 5.10 Å². The van der Waals surface area contributed by atoms with Gasteiger partial charge in [-0.25, -0.2) is 5.43 Å². The van der Waals surface area contributed by atoms with Crippen molar-refractivity contribution in [1.29, 1.82) is 0 Å². The summed E-state index contributed by atoms with van der Waals surface area (Å²) in [5.74, 6) is -0.312. The van der Waals surface area contributed by atoms with Crippen molar-refractivity contribution < 1.29 is 14.3 Å². The molecule has 0 radical (unpaired) electrons. The number of anilines is 1. The molecule has 0 bridgehead atoms. The second-order valence-electron chi connectivity index (χ2n) is 7.53. The number of aryl methyl sites for hydroxylation is 2. The molecule has 6 nitrogen and oxygen atoms in total. The third kappa shape index (κ3) is 7.58. The normalized spacial score (nSPS) is 10.9. The van der Waals surface area contributed by atoms with Gasteiger partial charge in [-0.3, -0.25) is 9.59 Å². The third-order valence-electron chi connectivity index (χ3n) is 4.87. The summed E-state index contributed by atoms with van der Waals surface area (Å²) in [5.41, 5.74) is 6.73. The number of nitrogens with one attached hydrogen (secondary N) is 2. The molecule has 0 aliphatic rings. The number of hydrazone groups is 1. The van der Waals surface area contributed by atoms with E-state index < -0.39 is 11.8 Å². The van der Waals surface area contributed by atoms with Crippen molar-refractivity contribution in [2.75, 3.05) is 5.32 Å². The number of carbonyl (C=O) groups is 2. The van der Waals surface area contributed by atoms with E-state index in [1.165, 1.54) is 6.21 Å². The van der Waals surface area contributed by atoms with Gasteiger partial charge < -0.3 is 10.1 Å². The van der Waals surface area contributed by atoms with E-state index in [-0.39, 0.29) is 13.0 Å². The van der Waals surface area contributed by atoms with Gasteiger partial charge >= 0.3 is 0 Å². The SMILES string of the molecule is Cc1ccc(NC(=O)CC(=O)NN=Cc2ccc(OCc3ccc(Cl)cc3Cl)c(Br)c2)cc1C. The van der Waals surface area contributed by atoms with E-state index in [0.717, 1.165) is 22.3 Å². The van der Waals surface area contributed by atoms with Crippen molar-refractivity contribution in [2.24, 2.45) is 5.10 Å². The van der Waals surface area contributed by atoms with E-state index in [2.05, 4.69) is 31.8 Å². The lowest BCUT2D eigenvalue weighted by Gasteiger charge is -2.10. The minimum absolute atomic E-state index is 0.280. The minimum Gasteiger partial charge on any atom is -0.488 e. The fraction of sp³-hybridized carbons (Fsp3) is 0.160. The number of rotatable bonds is 8. The van der Waals surface area contributed by atoms with Crippen LogP contribution in [0.5, 0.6) is 5.75 Å². The first-order valence-electron chi connectivity index (χ1n) is 10.3. The Balaban J connectivity index is 1.49. The number of hydrogen-bond acceptors (Lipinski definition) is 4. The van der Waals surface area contributed by atoms with E-state index in [1.807, 2.05) is 32.0 Å². The summed E-state index contributed by atoms with van der Waals surface area (Å²) in [7, 11) is 0. The molecule has 176 valence electrons. The van der Waals surface area contributed by atoms with Crippen LogP contribution < -0.4 is 15.5 Å². The third-order valence-corrected chi connectivity index (χ3v) is 6.08. The summed E-state index contributed by atoms with van der Waals surface area (Å²) in [5, 5.41) is 7.72. The molecule has 0 aliphatic heterocycles. The Hall–Kier alpha value is -2.87.